The number of H-pyrrole nitrogens is 1. The number of hydrogen-bond donors (Lipinski definition) is 1. The summed E-state index contributed by atoms with van der Waals surface area (Å²) in [5, 5.41) is 7.51. The van der Waals surface area contributed by atoms with Crippen molar-refractivity contribution in [3.8, 4) is 17.0 Å². The SMILES string of the molecule is COc1ccc(CC(=O)N2CCN(C(=O)c3cc(-c4cccnc4)n[nH]3)CC2)cc1Cl. The quantitative estimate of drug-likeness (QED) is 0.660. The molecule has 9 heteroatoms. The Kier molecular flexibility index (Phi) is 6.18. The topological polar surface area (TPSA) is 91.4 Å². The van der Waals surface area contributed by atoms with E-state index < -0.39 is 0 Å². The molecular weight excluding hydrogens is 418 g/mol. The normalized spacial score (nSPS) is 13.9. The van der Waals surface area contributed by atoms with Crippen molar-refractivity contribution >= 4 is 23.4 Å². The van der Waals surface area contributed by atoms with Crippen LogP contribution in [0.4, 0.5) is 0 Å². The third-order valence-corrected chi connectivity index (χ3v) is 5.55. The van der Waals surface area contributed by atoms with E-state index in [4.69, 9.17) is 16.3 Å². The maximum atomic E-state index is 12.8. The molecule has 0 spiro atoms. The van der Waals surface area contributed by atoms with Gasteiger partial charge in [-0.25, -0.2) is 0 Å². The molecule has 1 aliphatic heterocycles. The molecule has 160 valence electrons. The molecule has 0 radical (unpaired) electrons. The first-order valence-electron chi connectivity index (χ1n) is 9.90. The predicted molar refractivity (Wildman–Crippen MR) is 116 cm³/mol. The Bertz CT molecular complexity index is 1080. The lowest BCUT2D eigenvalue weighted by atomic mass is 10.1. The molecule has 1 N–H and O–H groups in total. The molecule has 31 heavy (non-hydrogen) atoms. The molecule has 0 atom stereocenters. The molecule has 1 aromatic carbocycles. The van der Waals surface area contributed by atoms with E-state index >= 15 is 0 Å². The first kappa shape index (κ1) is 20.9. The molecule has 0 saturated carbocycles. The minimum atomic E-state index is -0.128. The van der Waals surface area contributed by atoms with E-state index in [1.54, 1.807) is 47.5 Å². The second-order valence-corrected chi connectivity index (χ2v) is 7.63. The zero-order chi connectivity index (χ0) is 21.8. The summed E-state index contributed by atoms with van der Waals surface area (Å²) in [6, 6.07) is 10.8. The molecule has 1 fully saturated rings. The Balaban J connectivity index is 1.33. The summed E-state index contributed by atoms with van der Waals surface area (Å²) in [6.45, 7) is 1.90. The van der Waals surface area contributed by atoms with E-state index in [0.29, 0.717) is 48.3 Å². The Labute approximate surface area is 184 Å². The first-order valence-corrected chi connectivity index (χ1v) is 10.3. The molecule has 2 aromatic heterocycles. The number of pyridine rings is 1. The molecule has 0 unspecified atom stereocenters. The monoisotopic (exact) mass is 439 g/mol. The van der Waals surface area contributed by atoms with Gasteiger partial charge in [-0.3, -0.25) is 19.7 Å². The summed E-state index contributed by atoms with van der Waals surface area (Å²) in [6.07, 6.45) is 3.64. The van der Waals surface area contributed by atoms with Crippen molar-refractivity contribution in [2.45, 2.75) is 6.42 Å². The Morgan fingerprint density at radius 3 is 2.58 bits per heavy atom. The maximum absolute atomic E-state index is 12.8. The average Bonchev–Trinajstić information content (AvgIpc) is 3.30. The van der Waals surface area contributed by atoms with Gasteiger partial charge in [0.25, 0.3) is 5.91 Å². The molecule has 1 saturated heterocycles. The number of nitrogens with one attached hydrogen (secondary N) is 1. The first-order chi connectivity index (χ1) is 15.0. The number of rotatable bonds is 5. The van der Waals surface area contributed by atoms with Gasteiger partial charge in [0, 0.05) is 44.1 Å². The Hall–Kier alpha value is -3.39. The molecule has 3 heterocycles. The fraction of sp³-hybridized carbons (Fsp3) is 0.273. The molecule has 4 rings (SSSR count). The van der Waals surface area contributed by atoms with E-state index in [0.717, 1.165) is 11.1 Å². The summed E-state index contributed by atoms with van der Waals surface area (Å²) < 4.78 is 5.14. The van der Waals surface area contributed by atoms with Gasteiger partial charge in [0.05, 0.1) is 24.2 Å². The van der Waals surface area contributed by atoms with Gasteiger partial charge in [0.1, 0.15) is 11.4 Å². The number of carbonyl (C=O) groups is 2. The minimum absolute atomic E-state index is 0.00809. The summed E-state index contributed by atoms with van der Waals surface area (Å²) >= 11 is 6.15. The predicted octanol–water partition coefficient (Wildman–Crippen LogP) is 2.66. The van der Waals surface area contributed by atoms with Crippen molar-refractivity contribution in [1.82, 2.24) is 25.0 Å². The molecule has 2 amide bonds. The van der Waals surface area contributed by atoms with Crippen LogP contribution in [-0.4, -0.2) is 70.1 Å². The summed E-state index contributed by atoms with van der Waals surface area (Å²) in [4.78, 5) is 33.1. The van der Waals surface area contributed by atoms with Crippen LogP contribution in [0.2, 0.25) is 5.02 Å². The van der Waals surface area contributed by atoms with Crippen LogP contribution in [0.5, 0.6) is 5.75 Å². The van der Waals surface area contributed by atoms with Crippen LogP contribution < -0.4 is 4.74 Å². The number of methoxy groups -OCH3 is 1. The molecule has 3 aromatic rings. The van der Waals surface area contributed by atoms with Gasteiger partial charge in [-0.15, -0.1) is 0 Å². The van der Waals surface area contributed by atoms with Gasteiger partial charge in [0.15, 0.2) is 0 Å². The van der Waals surface area contributed by atoms with Crippen LogP contribution in [0.1, 0.15) is 16.1 Å². The van der Waals surface area contributed by atoms with Crippen molar-refractivity contribution in [2.24, 2.45) is 0 Å². The van der Waals surface area contributed by atoms with Crippen molar-refractivity contribution in [3.63, 3.8) is 0 Å². The van der Waals surface area contributed by atoms with E-state index in [1.807, 2.05) is 18.2 Å². The van der Waals surface area contributed by atoms with Crippen LogP contribution >= 0.6 is 11.6 Å². The number of amides is 2. The number of piperazine rings is 1. The third-order valence-electron chi connectivity index (χ3n) is 5.26. The summed E-state index contributed by atoms with van der Waals surface area (Å²) in [5.74, 6) is 0.459. The number of hydrogen-bond acceptors (Lipinski definition) is 5. The van der Waals surface area contributed by atoms with Gasteiger partial charge in [-0.2, -0.15) is 5.10 Å². The average molecular weight is 440 g/mol. The van der Waals surface area contributed by atoms with Gasteiger partial charge in [0.2, 0.25) is 5.91 Å². The minimum Gasteiger partial charge on any atom is -0.495 e. The fourth-order valence-electron chi connectivity index (χ4n) is 3.53. The zero-order valence-corrected chi connectivity index (χ0v) is 17.8. The Morgan fingerprint density at radius 2 is 1.90 bits per heavy atom. The maximum Gasteiger partial charge on any atom is 0.272 e. The van der Waals surface area contributed by atoms with E-state index in [-0.39, 0.29) is 18.2 Å². The Morgan fingerprint density at radius 1 is 1.13 bits per heavy atom. The number of nitrogens with zero attached hydrogens (tertiary/aromatic N) is 4. The number of halogens is 1. The van der Waals surface area contributed by atoms with Crippen LogP contribution in [0.25, 0.3) is 11.3 Å². The lowest BCUT2D eigenvalue weighted by molar-refractivity contribution is -0.131. The number of aromatic nitrogens is 3. The zero-order valence-electron chi connectivity index (χ0n) is 17.0. The number of ether oxygens (including phenoxy) is 1. The van der Waals surface area contributed by atoms with Crippen LogP contribution in [0.3, 0.4) is 0 Å². The highest BCUT2D eigenvalue weighted by Gasteiger charge is 2.26. The second kappa shape index (κ2) is 9.18. The van der Waals surface area contributed by atoms with Crippen LogP contribution in [0.15, 0.2) is 48.8 Å². The molecule has 0 bridgehead atoms. The second-order valence-electron chi connectivity index (χ2n) is 7.23. The summed E-state index contributed by atoms with van der Waals surface area (Å²) in [5.41, 5.74) is 2.76. The van der Waals surface area contributed by atoms with Gasteiger partial charge in [-0.05, 0) is 35.9 Å². The van der Waals surface area contributed by atoms with Gasteiger partial charge < -0.3 is 14.5 Å². The van der Waals surface area contributed by atoms with E-state index in [9.17, 15) is 9.59 Å². The highest BCUT2D eigenvalue weighted by molar-refractivity contribution is 6.32. The highest BCUT2D eigenvalue weighted by atomic mass is 35.5. The van der Waals surface area contributed by atoms with E-state index in [2.05, 4.69) is 15.2 Å². The van der Waals surface area contributed by atoms with Gasteiger partial charge >= 0.3 is 0 Å². The lowest BCUT2D eigenvalue weighted by Crippen LogP contribution is -2.51. The molecule has 0 aliphatic carbocycles. The number of benzene rings is 1. The van der Waals surface area contributed by atoms with Gasteiger partial charge in [-0.1, -0.05) is 17.7 Å². The largest absolute Gasteiger partial charge is 0.495 e. The standard InChI is InChI=1S/C22H22ClN5O3/c1-31-20-5-4-15(11-17(20)23)12-21(29)27-7-9-28(10-8-27)22(30)19-13-18(25-26-19)16-3-2-6-24-14-16/h2-6,11,13-14H,7-10,12H2,1H3,(H,25,26). The van der Waals surface area contributed by atoms with E-state index in [1.165, 1.54) is 0 Å². The lowest BCUT2D eigenvalue weighted by Gasteiger charge is -2.34. The number of carbonyl (C=O) groups excluding carboxylic acids is 2. The highest BCUT2D eigenvalue weighted by Crippen LogP contribution is 2.25. The third kappa shape index (κ3) is 4.69. The van der Waals surface area contributed by atoms with Crippen molar-refractivity contribution < 1.29 is 14.3 Å². The molecule has 8 nitrogen and oxygen atoms in total. The number of aromatic amines is 1. The smallest absolute Gasteiger partial charge is 0.272 e. The molecule has 1 aliphatic rings. The van der Waals surface area contributed by atoms with Crippen molar-refractivity contribution in [1.29, 1.82) is 0 Å². The fourth-order valence-corrected chi connectivity index (χ4v) is 3.81. The van der Waals surface area contributed by atoms with Crippen molar-refractivity contribution in [3.05, 3.63) is 65.1 Å². The van der Waals surface area contributed by atoms with Crippen LogP contribution in [0, 0.1) is 0 Å². The summed E-state index contributed by atoms with van der Waals surface area (Å²) in [7, 11) is 1.55. The van der Waals surface area contributed by atoms with Crippen molar-refractivity contribution in [2.75, 3.05) is 33.3 Å². The molecular formula is C22H22ClN5O3. The van der Waals surface area contributed by atoms with Crippen LogP contribution in [-0.2, 0) is 11.2 Å².